The van der Waals surface area contributed by atoms with E-state index in [1.807, 2.05) is 6.92 Å². The third kappa shape index (κ3) is 4.84. The molecule has 1 aromatic rings. The van der Waals surface area contributed by atoms with Crippen LogP contribution in [0.25, 0.3) is 0 Å². The van der Waals surface area contributed by atoms with Crippen molar-refractivity contribution in [3.05, 3.63) is 27.7 Å². The van der Waals surface area contributed by atoms with Crippen LogP contribution in [-0.4, -0.2) is 23.8 Å². The van der Waals surface area contributed by atoms with Crippen molar-refractivity contribution in [1.29, 1.82) is 0 Å². The van der Waals surface area contributed by atoms with E-state index in [2.05, 4.69) is 26.6 Å². The number of urea groups is 1. The number of hydrogen-bond donors (Lipinski definition) is 3. The third-order valence-electron chi connectivity index (χ3n) is 2.48. The summed E-state index contributed by atoms with van der Waals surface area (Å²) in [5.74, 6) is 0. The van der Waals surface area contributed by atoms with Crippen LogP contribution >= 0.6 is 27.5 Å². The van der Waals surface area contributed by atoms with E-state index in [-0.39, 0.29) is 18.7 Å². The maximum Gasteiger partial charge on any atom is 0.319 e. The van der Waals surface area contributed by atoms with Gasteiger partial charge in [-0.25, -0.2) is 4.79 Å². The Morgan fingerprint density at radius 1 is 1.56 bits per heavy atom. The quantitative estimate of drug-likeness (QED) is 0.772. The predicted molar refractivity (Wildman–Crippen MR) is 77.1 cm³/mol. The Hall–Kier alpha value is -0.780. The van der Waals surface area contributed by atoms with E-state index < -0.39 is 0 Å². The van der Waals surface area contributed by atoms with Crippen molar-refractivity contribution in [1.82, 2.24) is 5.32 Å². The molecule has 2 amide bonds. The molecule has 0 saturated heterocycles. The van der Waals surface area contributed by atoms with Crippen molar-refractivity contribution in [3.63, 3.8) is 0 Å². The summed E-state index contributed by atoms with van der Waals surface area (Å²) in [7, 11) is 0. The van der Waals surface area contributed by atoms with E-state index in [4.69, 9.17) is 16.7 Å². The van der Waals surface area contributed by atoms with Crippen molar-refractivity contribution >= 4 is 39.2 Å². The molecule has 6 heteroatoms. The molecule has 0 aliphatic carbocycles. The second-order valence-corrected chi connectivity index (χ2v) is 5.16. The zero-order chi connectivity index (χ0) is 13.5. The maximum atomic E-state index is 11.7. The molecule has 4 nitrogen and oxygen atoms in total. The molecule has 18 heavy (non-hydrogen) atoms. The second-order valence-electron chi connectivity index (χ2n) is 3.84. The molecule has 0 aromatic heterocycles. The lowest BCUT2D eigenvalue weighted by molar-refractivity contribution is 0.237. The molecule has 3 N–H and O–H groups in total. The summed E-state index contributed by atoms with van der Waals surface area (Å²) in [5.41, 5.74) is 0.552. The summed E-state index contributed by atoms with van der Waals surface area (Å²) >= 11 is 9.29. The lowest BCUT2D eigenvalue weighted by atomic mass is 10.2. The second kappa shape index (κ2) is 7.61. The summed E-state index contributed by atoms with van der Waals surface area (Å²) in [6.45, 7) is 2.01. The van der Waals surface area contributed by atoms with Crippen LogP contribution in [0.4, 0.5) is 10.5 Å². The Kier molecular flexibility index (Phi) is 6.46. The largest absolute Gasteiger partial charge is 0.396 e. The van der Waals surface area contributed by atoms with Gasteiger partial charge < -0.3 is 15.7 Å². The van der Waals surface area contributed by atoms with Crippen LogP contribution in [0.3, 0.4) is 0 Å². The minimum absolute atomic E-state index is 0.0378. The Labute approximate surface area is 120 Å². The van der Waals surface area contributed by atoms with Gasteiger partial charge in [0.2, 0.25) is 0 Å². The zero-order valence-electron chi connectivity index (χ0n) is 10.0. The van der Waals surface area contributed by atoms with E-state index in [1.165, 1.54) is 0 Å². The number of aliphatic hydroxyl groups is 1. The van der Waals surface area contributed by atoms with Gasteiger partial charge in [-0.05, 0) is 31.0 Å². The molecule has 0 aliphatic rings. The molecule has 0 radical (unpaired) electrons. The zero-order valence-corrected chi connectivity index (χ0v) is 12.4. The fourth-order valence-electron chi connectivity index (χ4n) is 1.47. The number of anilines is 1. The number of benzene rings is 1. The molecule has 1 aromatic carbocycles. The minimum atomic E-state index is -0.320. The smallest absolute Gasteiger partial charge is 0.319 e. The average Bonchev–Trinajstić information content (AvgIpc) is 2.32. The predicted octanol–water partition coefficient (Wildman–Crippen LogP) is 3.39. The summed E-state index contributed by atoms with van der Waals surface area (Å²) < 4.78 is 0.852. The lowest BCUT2D eigenvalue weighted by Gasteiger charge is -2.16. The average molecular weight is 336 g/mol. The van der Waals surface area contributed by atoms with Crippen LogP contribution in [0.2, 0.25) is 5.02 Å². The van der Waals surface area contributed by atoms with Gasteiger partial charge in [-0.2, -0.15) is 0 Å². The molecule has 0 fully saturated rings. The number of carbonyl (C=O) groups is 1. The molecule has 0 heterocycles. The lowest BCUT2D eigenvalue weighted by Crippen LogP contribution is -2.38. The highest BCUT2D eigenvalue weighted by Crippen LogP contribution is 2.25. The first-order chi connectivity index (χ1) is 8.56. The van der Waals surface area contributed by atoms with E-state index in [9.17, 15) is 4.79 Å². The SMILES string of the molecule is CCC(CCO)NC(=O)Nc1ccc(Br)cc1Cl. The van der Waals surface area contributed by atoms with Crippen LogP contribution in [0.1, 0.15) is 19.8 Å². The Balaban J connectivity index is 2.58. The monoisotopic (exact) mass is 334 g/mol. The third-order valence-corrected chi connectivity index (χ3v) is 3.29. The fraction of sp³-hybridized carbons (Fsp3) is 0.417. The molecule has 0 saturated carbocycles. The number of halogens is 2. The van der Waals surface area contributed by atoms with Crippen molar-refractivity contribution in [3.8, 4) is 0 Å². The van der Waals surface area contributed by atoms with Gasteiger partial charge in [-0.1, -0.05) is 34.5 Å². The fourth-order valence-corrected chi connectivity index (χ4v) is 2.19. The van der Waals surface area contributed by atoms with E-state index in [0.717, 1.165) is 10.9 Å². The first-order valence-electron chi connectivity index (χ1n) is 5.70. The van der Waals surface area contributed by atoms with Gasteiger partial charge in [0, 0.05) is 17.1 Å². The van der Waals surface area contributed by atoms with E-state index >= 15 is 0 Å². The highest BCUT2D eigenvalue weighted by atomic mass is 79.9. The molecular formula is C12H16BrClN2O2. The highest BCUT2D eigenvalue weighted by Gasteiger charge is 2.11. The topological polar surface area (TPSA) is 61.4 Å². The maximum absolute atomic E-state index is 11.7. The number of rotatable bonds is 5. The van der Waals surface area contributed by atoms with Crippen LogP contribution < -0.4 is 10.6 Å². The summed E-state index contributed by atoms with van der Waals surface area (Å²) in [5, 5.41) is 14.8. The van der Waals surface area contributed by atoms with Gasteiger partial charge in [0.25, 0.3) is 0 Å². The van der Waals surface area contributed by atoms with Crippen molar-refractivity contribution < 1.29 is 9.90 Å². The van der Waals surface area contributed by atoms with Crippen molar-refractivity contribution in [2.24, 2.45) is 0 Å². The van der Waals surface area contributed by atoms with Crippen LogP contribution in [0.5, 0.6) is 0 Å². The first-order valence-corrected chi connectivity index (χ1v) is 6.87. The summed E-state index contributed by atoms with van der Waals surface area (Å²) in [6, 6.07) is 4.87. The normalized spacial score (nSPS) is 12.0. The Morgan fingerprint density at radius 3 is 2.83 bits per heavy atom. The number of aliphatic hydroxyl groups excluding tert-OH is 1. The molecule has 0 spiro atoms. The van der Waals surface area contributed by atoms with Crippen molar-refractivity contribution in [2.75, 3.05) is 11.9 Å². The van der Waals surface area contributed by atoms with Crippen LogP contribution in [0, 0.1) is 0 Å². The summed E-state index contributed by atoms with van der Waals surface area (Å²) in [4.78, 5) is 11.7. The number of hydrogen-bond acceptors (Lipinski definition) is 2. The van der Waals surface area contributed by atoms with Crippen LogP contribution in [-0.2, 0) is 0 Å². The molecule has 1 atom stereocenters. The number of carbonyl (C=O) groups excluding carboxylic acids is 1. The first kappa shape index (κ1) is 15.3. The molecule has 100 valence electrons. The van der Waals surface area contributed by atoms with Gasteiger partial charge in [0.15, 0.2) is 0 Å². The molecular weight excluding hydrogens is 320 g/mol. The standard InChI is InChI=1S/C12H16BrClN2O2/c1-2-9(5-6-17)15-12(18)16-11-4-3-8(13)7-10(11)14/h3-4,7,9,17H,2,5-6H2,1H3,(H2,15,16,18). The number of amides is 2. The highest BCUT2D eigenvalue weighted by molar-refractivity contribution is 9.10. The molecule has 0 bridgehead atoms. The van der Waals surface area contributed by atoms with Crippen LogP contribution in [0.15, 0.2) is 22.7 Å². The number of nitrogens with one attached hydrogen (secondary N) is 2. The van der Waals surface area contributed by atoms with Crippen molar-refractivity contribution in [2.45, 2.75) is 25.8 Å². The molecule has 1 rings (SSSR count). The minimum Gasteiger partial charge on any atom is -0.396 e. The Bertz CT molecular complexity index is 415. The molecule has 1 unspecified atom stereocenters. The van der Waals surface area contributed by atoms with E-state index in [1.54, 1.807) is 18.2 Å². The summed E-state index contributed by atoms with van der Waals surface area (Å²) in [6.07, 6.45) is 1.31. The molecule has 0 aliphatic heterocycles. The van der Waals surface area contributed by atoms with E-state index in [0.29, 0.717) is 17.1 Å². The van der Waals surface area contributed by atoms with Gasteiger partial charge in [0.1, 0.15) is 0 Å². The van der Waals surface area contributed by atoms with Gasteiger partial charge >= 0.3 is 6.03 Å². The van der Waals surface area contributed by atoms with Gasteiger partial charge in [-0.3, -0.25) is 0 Å². The van der Waals surface area contributed by atoms with Gasteiger partial charge in [0.05, 0.1) is 10.7 Å². The Morgan fingerprint density at radius 2 is 2.28 bits per heavy atom. The van der Waals surface area contributed by atoms with Gasteiger partial charge in [-0.15, -0.1) is 0 Å².